The van der Waals surface area contributed by atoms with E-state index in [9.17, 15) is 27.7 Å². The van der Waals surface area contributed by atoms with Crippen molar-refractivity contribution in [1.82, 2.24) is 5.32 Å². The Hall–Kier alpha value is -4.33. The van der Waals surface area contributed by atoms with Crippen molar-refractivity contribution in [2.45, 2.75) is 121 Å². The van der Waals surface area contributed by atoms with Crippen LogP contribution in [0.25, 0.3) is 0 Å². The number of phenols is 1. The molecule has 286 valence electrons. The molecule has 1 unspecified atom stereocenters. The highest BCUT2D eigenvalue weighted by molar-refractivity contribution is 7.86. The first-order valence-electron chi connectivity index (χ1n) is 18.5. The van der Waals surface area contributed by atoms with Gasteiger partial charge in [0.15, 0.2) is 5.84 Å². The predicted octanol–water partition coefficient (Wildman–Crippen LogP) is 10.3. The number of halogens is 1. The molecule has 3 aromatic rings. The number of amides is 2. The van der Waals surface area contributed by atoms with Gasteiger partial charge in [0, 0.05) is 12.5 Å². The number of hydrogen-bond donors (Lipinski definition) is 3. The molecule has 0 saturated carbocycles. The summed E-state index contributed by atoms with van der Waals surface area (Å²) in [6, 6.07) is 14.7. The fourth-order valence-electron chi connectivity index (χ4n) is 5.92. The van der Waals surface area contributed by atoms with Crippen molar-refractivity contribution in [3.63, 3.8) is 0 Å². The van der Waals surface area contributed by atoms with Gasteiger partial charge in [-0.1, -0.05) is 127 Å². The van der Waals surface area contributed by atoms with Crippen molar-refractivity contribution >= 4 is 50.7 Å². The fourth-order valence-corrected chi connectivity index (χ4v) is 6.76. The third kappa shape index (κ3) is 13.5. The number of hydrazone groups is 1. The van der Waals surface area contributed by atoms with Crippen LogP contribution in [0.2, 0.25) is 5.02 Å². The Morgan fingerprint density at radius 3 is 2.06 bits per heavy atom. The van der Waals surface area contributed by atoms with E-state index in [0.717, 1.165) is 30.3 Å². The third-order valence-corrected chi connectivity index (χ3v) is 9.99. The molecule has 14 heteroatoms. The zero-order chi connectivity index (χ0) is 38.1. The second-order valence-corrected chi connectivity index (χ2v) is 15.0. The molecule has 0 aliphatic carbocycles. The average Bonchev–Trinajstić information content (AvgIpc) is 3.43. The van der Waals surface area contributed by atoms with Crippen LogP contribution in [0, 0.1) is 0 Å². The molecular formula is C39H50ClN5O7S. The second-order valence-electron chi connectivity index (χ2n) is 13.2. The summed E-state index contributed by atoms with van der Waals surface area (Å²) < 4.78 is 40.5. The van der Waals surface area contributed by atoms with E-state index in [1.165, 1.54) is 101 Å². The molecule has 0 spiro atoms. The minimum absolute atomic E-state index is 0.0300. The fraction of sp³-hybridized carbons (Fsp3) is 0.462. The maximum absolute atomic E-state index is 13.7. The number of unbranched alkanes of at least 4 members (excludes halogenated alkanes) is 14. The van der Waals surface area contributed by atoms with E-state index >= 15 is 0 Å². The molecule has 0 saturated heterocycles. The molecule has 1 aliphatic heterocycles. The monoisotopic (exact) mass is 767 g/mol. The normalized spacial score (nSPS) is 14.5. The van der Waals surface area contributed by atoms with Gasteiger partial charge in [0.05, 0.1) is 10.7 Å². The topological polar surface area (TPSA) is 170 Å². The highest BCUT2D eigenvalue weighted by atomic mass is 35.5. The lowest BCUT2D eigenvalue weighted by molar-refractivity contribution is -0.119. The van der Waals surface area contributed by atoms with Crippen molar-refractivity contribution in [3.05, 3.63) is 71.8 Å². The number of hydrogen-bond acceptors (Lipinski definition) is 9. The van der Waals surface area contributed by atoms with Gasteiger partial charge in [-0.3, -0.25) is 14.1 Å². The molecule has 1 aliphatic rings. The Morgan fingerprint density at radius 2 is 1.47 bits per heavy atom. The number of amidine groups is 1. The number of carbonyl (C=O) groups is 2. The maximum Gasteiger partial charge on any atom is 0.298 e. The van der Waals surface area contributed by atoms with Crippen LogP contribution in [0.15, 0.2) is 87.0 Å². The molecular weight excluding hydrogens is 718 g/mol. The lowest BCUT2D eigenvalue weighted by Crippen LogP contribution is -2.39. The van der Waals surface area contributed by atoms with Crippen LogP contribution in [0.1, 0.15) is 110 Å². The van der Waals surface area contributed by atoms with Crippen LogP contribution in [-0.2, 0) is 19.7 Å². The van der Waals surface area contributed by atoms with Crippen LogP contribution in [-0.4, -0.2) is 41.8 Å². The number of rotatable bonds is 22. The number of nitrogens with zero attached hydrogens (tertiary/aromatic N) is 4. The number of para-hydroxylation sites is 1. The van der Waals surface area contributed by atoms with Gasteiger partial charge in [-0.15, -0.1) is 5.10 Å². The summed E-state index contributed by atoms with van der Waals surface area (Å²) in [4.78, 5) is 26.1. The number of aromatic hydroxyl groups is 1. The standard InChI is InChI=1S/C39H50ClN5O7S/c1-2-3-4-5-6-7-8-9-10-11-12-13-14-15-19-22-36(47)41-38-37(43-42-33-25-24-30(46)28-32(33)40)39(48)45(44-38)29-23-26-34(35(27-29)53(49,50)51)52-31-20-17-16-18-21-31/h16-18,20-21,23-28,37,46H,2-15,19,22H2,1H3,(H,41,44,47)(H,49,50,51). The van der Waals surface area contributed by atoms with E-state index in [1.807, 2.05) is 0 Å². The zero-order valence-electron chi connectivity index (χ0n) is 30.3. The largest absolute Gasteiger partial charge is 0.508 e. The van der Waals surface area contributed by atoms with Crippen molar-refractivity contribution < 1.29 is 32.4 Å². The van der Waals surface area contributed by atoms with Gasteiger partial charge in [-0.2, -0.15) is 23.7 Å². The maximum atomic E-state index is 13.7. The van der Waals surface area contributed by atoms with Crippen molar-refractivity contribution in [2.75, 3.05) is 5.01 Å². The molecule has 4 rings (SSSR count). The van der Waals surface area contributed by atoms with Crippen molar-refractivity contribution in [2.24, 2.45) is 15.3 Å². The average molecular weight is 768 g/mol. The number of carbonyl (C=O) groups excluding carboxylic acids is 2. The van der Waals surface area contributed by atoms with Gasteiger partial charge in [-0.25, -0.2) is 0 Å². The SMILES string of the molecule is CCCCCCCCCCCCCCCCCC(=O)NC1=NN(c2ccc(Oc3ccccc3)c(S(=O)(=O)O)c2)C(=O)C1N=Nc1ccc(O)cc1Cl. The highest BCUT2D eigenvalue weighted by Gasteiger charge is 2.39. The summed E-state index contributed by atoms with van der Waals surface area (Å²) in [5.74, 6) is -1.15. The predicted molar refractivity (Wildman–Crippen MR) is 207 cm³/mol. The van der Waals surface area contributed by atoms with Crippen molar-refractivity contribution in [3.8, 4) is 17.2 Å². The van der Waals surface area contributed by atoms with E-state index in [0.29, 0.717) is 12.2 Å². The van der Waals surface area contributed by atoms with E-state index in [-0.39, 0.29) is 46.1 Å². The Kier molecular flexibility index (Phi) is 16.7. The lowest BCUT2D eigenvalue weighted by Gasteiger charge is -2.15. The molecule has 1 atom stereocenters. The van der Waals surface area contributed by atoms with E-state index in [1.54, 1.807) is 30.3 Å². The molecule has 0 aromatic heterocycles. The van der Waals surface area contributed by atoms with Gasteiger partial charge in [0.2, 0.25) is 11.9 Å². The first-order valence-corrected chi connectivity index (χ1v) is 20.3. The number of anilines is 1. The second kappa shape index (κ2) is 21.4. The van der Waals surface area contributed by atoms with Gasteiger partial charge in [-0.05, 0) is 48.9 Å². The highest BCUT2D eigenvalue weighted by Crippen LogP contribution is 2.35. The van der Waals surface area contributed by atoms with E-state index in [2.05, 4.69) is 27.6 Å². The quantitative estimate of drug-likeness (QED) is 0.0519. The lowest BCUT2D eigenvalue weighted by atomic mass is 10.0. The summed E-state index contributed by atoms with van der Waals surface area (Å²) in [5.41, 5.74) is 0.132. The summed E-state index contributed by atoms with van der Waals surface area (Å²) in [7, 11) is -4.81. The van der Waals surface area contributed by atoms with Crippen LogP contribution in [0.3, 0.4) is 0 Å². The summed E-state index contributed by atoms with van der Waals surface area (Å²) in [6.07, 6.45) is 18.3. The molecule has 0 bridgehead atoms. The van der Waals surface area contributed by atoms with Crippen LogP contribution >= 0.6 is 11.6 Å². The Bertz CT molecular complexity index is 1820. The van der Waals surface area contributed by atoms with Crippen LogP contribution in [0.5, 0.6) is 17.2 Å². The first-order chi connectivity index (χ1) is 25.6. The zero-order valence-corrected chi connectivity index (χ0v) is 31.8. The number of ether oxygens (including phenoxy) is 1. The van der Waals surface area contributed by atoms with Gasteiger partial charge < -0.3 is 15.2 Å². The molecule has 0 fully saturated rings. The smallest absolute Gasteiger partial charge is 0.298 e. The van der Waals surface area contributed by atoms with E-state index in [4.69, 9.17) is 16.3 Å². The molecule has 3 N–H and O–H groups in total. The van der Waals surface area contributed by atoms with Crippen molar-refractivity contribution in [1.29, 1.82) is 0 Å². The number of phenolic OH excluding ortho intramolecular Hbond substituents is 1. The number of azo groups is 1. The molecule has 2 amide bonds. The Morgan fingerprint density at radius 1 is 0.868 bits per heavy atom. The van der Waals surface area contributed by atoms with Gasteiger partial charge >= 0.3 is 0 Å². The minimum Gasteiger partial charge on any atom is -0.508 e. The molecule has 12 nitrogen and oxygen atoms in total. The summed E-state index contributed by atoms with van der Waals surface area (Å²) >= 11 is 6.18. The summed E-state index contributed by atoms with van der Waals surface area (Å²) in [5, 5.41) is 25.8. The van der Waals surface area contributed by atoms with Crippen LogP contribution in [0.4, 0.5) is 11.4 Å². The number of nitrogens with one attached hydrogen (secondary N) is 1. The minimum atomic E-state index is -4.81. The third-order valence-electron chi connectivity index (χ3n) is 8.82. The van der Waals surface area contributed by atoms with Crippen LogP contribution < -0.4 is 15.1 Å². The molecule has 3 aromatic carbocycles. The van der Waals surface area contributed by atoms with E-state index < -0.39 is 27.0 Å². The molecule has 0 radical (unpaired) electrons. The molecule has 1 heterocycles. The van der Waals surface area contributed by atoms with Gasteiger partial charge in [0.1, 0.15) is 27.8 Å². The Labute approximate surface area is 317 Å². The molecule has 53 heavy (non-hydrogen) atoms. The number of benzene rings is 3. The van der Waals surface area contributed by atoms with Gasteiger partial charge in [0.25, 0.3) is 16.0 Å². The Balaban J connectivity index is 1.36. The summed E-state index contributed by atoms with van der Waals surface area (Å²) in [6.45, 7) is 2.24. The first kappa shape index (κ1) is 41.4.